The molecule has 2 aromatic carbocycles. The van der Waals surface area contributed by atoms with Crippen LogP contribution in [0.3, 0.4) is 0 Å². The molecule has 0 aliphatic carbocycles. The molecule has 27 heavy (non-hydrogen) atoms. The summed E-state index contributed by atoms with van der Waals surface area (Å²) in [6.45, 7) is 1.79. The van der Waals surface area contributed by atoms with Crippen molar-refractivity contribution >= 4 is 11.8 Å². The molecule has 2 aliphatic heterocycles. The fourth-order valence-electron chi connectivity index (χ4n) is 4.25. The van der Waals surface area contributed by atoms with Gasteiger partial charge in [-0.25, -0.2) is 4.79 Å². The number of hydrogen-bond donors (Lipinski definition) is 0. The van der Waals surface area contributed by atoms with Crippen molar-refractivity contribution in [3.05, 3.63) is 71.8 Å². The minimum atomic E-state index is -1.72. The highest BCUT2D eigenvalue weighted by molar-refractivity contribution is 6.09. The fourth-order valence-corrected chi connectivity index (χ4v) is 4.25. The molecule has 4 atom stereocenters. The maximum absolute atomic E-state index is 13.1. The molecule has 5 nitrogen and oxygen atoms in total. The van der Waals surface area contributed by atoms with Crippen molar-refractivity contribution in [1.82, 2.24) is 0 Å². The van der Waals surface area contributed by atoms with Gasteiger partial charge >= 0.3 is 5.97 Å². The number of rotatable bonds is 3. The van der Waals surface area contributed by atoms with E-state index in [1.165, 1.54) is 7.11 Å². The molecule has 0 amide bonds. The van der Waals surface area contributed by atoms with E-state index < -0.39 is 29.4 Å². The molecule has 2 fully saturated rings. The molecular formula is C22H22O5. The zero-order chi connectivity index (χ0) is 19.1. The lowest BCUT2D eigenvalue weighted by Crippen LogP contribution is -2.67. The van der Waals surface area contributed by atoms with Gasteiger partial charge in [0.15, 0.2) is 11.6 Å². The van der Waals surface area contributed by atoms with Crippen molar-refractivity contribution in [2.24, 2.45) is 0 Å². The van der Waals surface area contributed by atoms with Gasteiger partial charge in [-0.2, -0.15) is 0 Å². The summed E-state index contributed by atoms with van der Waals surface area (Å²) in [6, 6.07) is 19.1. The molecule has 0 N–H and O–H groups in total. The van der Waals surface area contributed by atoms with E-state index in [9.17, 15) is 9.59 Å². The minimum Gasteiger partial charge on any atom is -0.467 e. The molecule has 0 radical (unpaired) electrons. The first-order valence-corrected chi connectivity index (χ1v) is 9.10. The van der Waals surface area contributed by atoms with Crippen LogP contribution in [0.4, 0.5) is 0 Å². The molecule has 5 heteroatoms. The average molecular weight is 366 g/mol. The fraction of sp³-hybridized carbons (Fsp3) is 0.364. The third-order valence-electron chi connectivity index (χ3n) is 5.49. The Morgan fingerprint density at radius 2 is 1.63 bits per heavy atom. The number of esters is 1. The zero-order valence-electron chi connectivity index (χ0n) is 15.4. The highest BCUT2D eigenvalue weighted by Gasteiger charge is 2.66. The quantitative estimate of drug-likeness (QED) is 0.614. The van der Waals surface area contributed by atoms with Crippen LogP contribution in [0.1, 0.15) is 42.9 Å². The van der Waals surface area contributed by atoms with Gasteiger partial charge in [0.25, 0.3) is 0 Å². The average Bonchev–Trinajstić information content (AvgIpc) is 2.71. The molecule has 2 heterocycles. The Kier molecular flexibility index (Phi) is 4.36. The minimum absolute atomic E-state index is 0.205. The number of benzene rings is 2. The van der Waals surface area contributed by atoms with Crippen molar-refractivity contribution in [2.45, 2.75) is 43.2 Å². The Bertz CT molecular complexity index is 840. The largest absolute Gasteiger partial charge is 0.467 e. The van der Waals surface area contributed by atoms with Gasteiger partial charge in [-0.1, -0.05) is 60.7 Å². The third-order valence-corrected chi connectivity index (χ3v) is 5.49. The normalized spacial score (nSPS) is 32.7. The van der Waals surface area contributed by atoms with Crippen LogP contribution >= 0.6 is 0 Å². The monoisotopic (exact) mass is 366 g/mol. The number of carbonyl (C=O) groups excluding carboxylic acids is 2. The summed E-state index contributed by atoms with van der Waals surface area (Å²) < 4.78 is 17.6. The molecule has 2 aliphatic rings. The Morgan fingerprint density at radius 3 is 2.22 bits per heavy atom. The number of Topliss-reactive ketones (excluding diaryl/α,β-unsaturated/α-hetero) is 1. The second-order valence-electron chi connectivity index (χ2n) is 7.22. The number of ether oxygens (including phenoxy) is 3. The number of fused-ring (bicyclic) bond motifs is 2. The maximum Gasteiger partial charge on any atom is 0.346 e. The zero-order valence-corrected chi connectivity index (χ0v) is 15.4. The second kappa shape index (κ2) is 6.59. The van der Waals surface area contributed by atoms with Crippen LogP contribution in [0.5, 0.6) is 0 Å². The lowest BCUT2D eigenvalue weighted by atomic mass is 9.69. The van der Waals surface area contributed by atoms with Gasteiger partial charge in [-0.15, -0.1) is 0 Å². The molecule has 2 saturated heterocycles. The predicted octanol–water partition coefficient (Wildman–Crippen LogP) is 3.55. The van der Waals surface area contributed by atoms with Crippen molar-refractivity contribution in [2.75, 3.05) is 7.11 Å². The summed E-state index contributed by atoms with van der Waals surface area (Å²) in [5, 5.41) is 0. The van der Waals surface area contributed by atoms with Crippen LogP contribution in [0.2, 0.25) is 0 Å². The van der Waals surface area contributed by atoms with Gasteiger partial charge in [0, 0.05) is 12.8 Å². The van der Waals surface area contributed by atoms with Gasteiger partial charge in [0.05, 0.1) is 19.1 Å². The van der Waals surface area contributed by atoms with E-state index in [1.54, 1.807) is 6.92 Å². The number of ketones is 1. The smallest absolute Gasteiger partial charge is 0.346 e. The first kappa shape index (κ1) is 17.9. The predicted molar refractivity (Wildman–Crippen MR) is 97.9 cm³/mol. The lowest BCUT2D eigenvalue weighted by molar-refractivity contribution is -0.350. The van der Waals surface area contributed by atoms with E-state index in [-0.39, 0.29) is 12.2 Å². The highest BCUT2D eigenvalue weighted by atomic mass is 16.7. The highest BCUT2D eigenvalue weighted by Crippen LogP contribution is 2.55. The van der Waals surface area contributed by atoms with Crippen molar-refractivity contribution in [1.29, 1.82) is 0 Å². The number of carbonyl (C=O) groups is 2. The number of methoxy groups -OCH3 is 1. The van der Waals surface area contributed by atoms with Gasteiger partial charge in [0.2, 0.25) is 5.60 Å². The van der Waals surface area contributed by atoms with Crippen molar-refractivity contribution < 1.29 is 23.8 Å². The van der Waals surface area contributed by atoms with Gasteiger partial charge in [-0.3, -0.25) is 4.79 Å². The van der Waals surface area contributed by atoms with Crippen molar-refractivity contribution in [3.63, 3.8) is 0 Å². The molecule has 2 aromatic rings. The van der Waals surface area contributed by atoms with Crippen molar-refractivity contribution in [3.8, 4) is 0 Å². The van der Waals surface area contributed by atoms with Crippen LogP contribution < -0.4 is 0 Å². The van der Waals surface area contributed by atoms with Crippen LogP contribution in [-0.2, 0) is 23.8 Å². The Labute approximate surface area is 158 Å². The van der Waals surface area contributed by atoms with Crippen LogP contribution in [0.25, 0.3) is 0 Å². The molecule has 0 spiro atoms. The lowest BCUT2D eigenvalue weighted by Gasteiger charge is -2.54. The van der Waals surface area contributed by atoms with E-state index in [0.717, 1.165) is 11.1 Å². The van der Waals surface area contributed by atoms with E-state index in [0.29, 0.717) is 6.42 Å². The molecular weight excluding hydrogens is 344 g/mol. The van der Waals surface area contributed by atoms with Gasteiger partial charge < -0.3 is 14.2 Å². The molecule has 4 rings (SSSR count). The van der Waals surface area contributed by atoms with E-state index in [4.69, 9.17) is 14.2 Å². The summed E-state index contributed by atoms with van der Waals surface area (Å²) >= 11 is 0. The summed E-state index contributed by atoms with van der Waals surface area (Å²) in [6.07, 6.45) is 0.0852. The Balaban J connectivity index is 1.96. The summed E-state index contributed by atoms with van der Waals surface area (Å²) in [4.78, 5) is 26.1. The Hall–Kier alpha value is -2.50. The summed E-state index contributed by atoms with van der Waals surface area (Å²) in [5.41, 5.74) is -0.0279. The third kappa shape index (κ3) is 2.78. The summed E-state index contributed by atoms with van der Waals surface area (Å²) in [7, 11) is 1.29. The molecule has 0 aromatic heterocycles. The molecule has 140 valence electrons. The number of hydrogen-bond acceptors (Lipinski definition) is 5. The van der Waals surface area contributed by atoms with Crippen LogP contribution in [0.15, 0.2) is 60.7 Å². The second-order valence-corrected chi connectivity index (χ2v) is 7.22. The molecule has 0 unspecified atom stereocenters. The maximum atomic E-state index is 13.1. The topological polar surface area (TPSA) is 61.8 Å². The van der Waals surface area contributed by atoms with Crippen LogP contribution in [-0.4, -0.2) is 30.3 Å². The molecule has 0 saturated carbocycles. The standard InChI is InChI=1S/C22H22O5/c1-21-14-13-17(23)22(27-21,20(24)25-2)18(15-9-5-3-6-10-15)19(26-21)16-11-7-4-8-12-16/h3-12,18-19H,13-14H2,1-2H3/t18-,19+,21-,22+/m1/s1. The summed E-state index contributed by atoms with van der Waals surface area (Å²) in [5.74, 6) is -2.61. The van der Waals surface area contributed by atoms with Gasteiger partial charge in [0.1, 0.15) is 0 Å². The SMILES string of the molecule is COC(=O)[C@]12O[C@](C)(CCC1=O)O[C@@H](c1ccccc1)[C@H]2c1ccccc1. The first-order valence-electron chi connectivity index (χ1n) is 9.10. The van der Waals surface area contributed by atoms with Gasteiger partial charge in [-0.05, 0) is 18.1 Å². The first-order chi connectivity index (χ1) is 13.0. The van der Waals surface area contributed by atoms with E-state index >= 15 is 0 Å². The van der Waals surface area contributed by atoms with E-state index in [2.05, 4.69) is 0 Å². The van der Waals surface area contributed by atoms with Crippen LogP contribution in [0, 0.1) is 0 Å². The molecule has 2 bridgehead atoms. The Morgan fingerprint density at radius 1 is 1.04 bits per heavy atom. The van der Waals surface area contributed by atoms with E-state index in [1.807, 2.05) is 60.7 Å².